The molecule has 3 N–H and O–H groups in total. The van der Waals surface area contributed by atoms with Gasteiger partial charge in [-0.1, -0.05) is 12.1 Å². The molecular weight excluding hydrogens is 368 g/mol. The van der Waals surface area contributed by atoms with E-state index < -0.39 is 0 Å². The number of nitrogens with zero attached hydrogens (tertiary/aromatic N) is 2. The lowest BCUT2D eigenvalue weighted by Crippen LogP contribution is -2.45. The van der Waals surface area contributed by atoms with E-state index in [4.69, 9.17) is 15.2 Å². The van der Waals surface area contributed by atoms with E-state index in [1.54, 1.807) is 18.3 Å². The first-order valence-corrected chi connectivity index (χ1v) is 10.2. The lowest BCUT2D eigenvalue weighted by atomic mass is 9.96. The van der Waals surface area contributed by atoms with Gasteiger partial charge in [-0.15, -0.1) is 0 Å². The molecule has 1 unspecified atom stereocenters. The number of ether oxygens (including phenoxy) is 2. The Labute approximate surface area is 171 Å². The van der Waals surface area contributed by atoms with Crippen LogP contribution in [0.25, 0.3) is 0 Å². The van der Waals surface area contributed by atoms with E-state index in [-0.39, 0.29) is 17.8 Å². The summed E-state index contributed by atoms with van der Waals surface area (Å²) in [5.74, 6) is 2.30. The van der Waals surface area contributed by atoms with Crippen molar-refractivity contribution >= 4 is 11.7 Å². The highest BCUT2D eigenvalue weighted by Gasteiger charge is 2.27. The highest BCUT2D eigenvalue weighted by atomic mass is 16.6. The van der Waals surface area contributed by atoms with Gasteiger partial charge >= 0.3 is 0 Å². The summed E-state index contributed by atoms with van der Waals surface area (Å²) in [6.07, 6.45) is 3.73. The molecule has 2 aliphatic heterocycles. The number of nitrogen functional groups attached to an aromatic ring is 1. The number of carbonyl (C=O) groups is 1. The number of nitrogens with one attached hydrogen (secondary N) is 1. The van der Waals surface area contributed by atoms with Crippen LogP contribution in [0.2, 0.25) is 0 Å². The number of nitrogens with two attached hydrogens (primary N) is 1. The monoisotopic (exact) mass is 396 g/mol. The first-order valence-electron chi connectivity index (χ1n) is 10.2. The van der Waals surface area contributed by atoms with E-state index >= 15 is 0 Å². The van der Waals surface area contributed by atoms with Crippen LogP contribution < -0.4 is 20.5 Å². The van der Waals surface area contributed by atoms with Crippen LogP contribution in [0.3, 0.4) is 0 Å². The van der Waals surface area contributed by atoms with Crippen LogP contribution in [-0.4, -0.2) is 54.7 Å². The number of likely N-dealkylation sites (tertiary alicyclic amines) is 1. The molecular formula is C22H28N4O3. The Morgan fingerprint density at radius 2 is 2.10 bits per heavy atom. The summed E-state index contributed by atoms with van der Waals surface area (Å²) in [5, 5.41) is 3.00. The topological polar surface area (TPSA) is 89.7 Å². The van der Waals surface area contributed by atoms with E-state index in [2.05, 4.69) is 15.2 Å². The van der Waals surface area contributed by atoms with Gasteiger partial charge in [0, 0.05) is 19.3 Å². The average molecular weight is 396 g/mol. The number of benzene rings is 1. The fraction of sp³-hybridized carbons (Fsp3) is 0.455. The summed E-state index contributed by atoms with van der Waals surface area (Å²) in [4.78, 5) is 18.7. The van der Waals surface area contributed by atoms with Crippen LogP contribution in [0.15, 0.2) is 36.5 Å². The molecule has 0 aliphatic carbocycles. The molecule has 1 aromatic heterocycles. The Morgan fingerprint density at radius 1 is 1.28 bits per heavy atom. The lowest BCUT2D eigenvalue weighted by molar-refractivity contribution is 0.0470. The largest absolute Gasteiger partial charge is 0.486 e. The molecule has 0 saturated carbocycles. The van der Waals surface area contributed by atoms with Crippen LogP contribution >= 0.6 is 0 Å². The zero-order valence-corrected chi connectivity index (χ0v) is 16.8. The van der Waals surface area contributed by atoms with Gasteiger partial charge in [-0.3, -0.25) is 9.69 Å². The third-order valence-electron chi connectivity index (χ3n) is 5.69. The van der Waals surface area contributed by atoms with Crippen molar-refractivity contribution in [2.45, 2.75) is 25.9 Å². The van der Waals surface area contributed by atoms with Crippen molar-refractivity contribution < 1.29 is 14.3 Å². The molecule has 0 spiro atoms. The quantitative estimate of drug-likeness (QED) is 0.806. The van der Waals surface area contributed by atoms with Crippen LogP contribution in [0.4, 0.5) is 5.82 Å². The lowest BCUT2D eigenvalue weighted by Gasteiger charge is -2.36. The van der Waals surface area contributed by atoms with Crippen molar-refractivity contribution in [2.75, 3.05) is 38.5 Å². The number of carbonyl (C=O) groups excluding carboxylic acids is 1. The van der Waals surface area contributed by atoms with E-state index in [1.807, 2.05) is 25.1 Å². The first-order chi connectivity index (χ1) is 14.1. The normalized spacial score (nSPS) is 19.7. The molecule has 1 aromatic carbocycles. The highest BCUT2D eigenvalue weighted by Crippen LogP contribution is 2.34. The van der Waals surface area contributed by atoms with Gasteiger partial charge in [-0.25, -0.2) is 4.98 Å². The fourth-order valence-electron chi connectivity index (χ4n) is 3.97. The third-order valence-corrected chi connectivity index (χ3v) is 5.69. The van der Waals surface area contributed by atoms with E-state index in [0.29, 0.717) is 24.6 Å². The fourth-order valence-corrected chi connectivity index (χ4v) is 3.97. The minimum atomic E-state index is -0.153. The Balaban J connectivity index is 1.22. The number of fused-ring (bicyclic) bond motifs is 1. The number of aryl methyl sites for hydroxylation is 1. The van der Waals surface area contributed by atoms with E-state index in [9.17, 15) is 4.79 Å². The Bertz CT molecular complexity index is 865. The number of hydrogen-bond donors (Lipinski definition) is 2. The van der Waals surface area contributed by atoms with Crippen LogP contribution in [0.1, 0.15) is 28.8 Å². The Kier molecular flexibility index (Phi) is 5.85. The van der Waals surface area contributed by atoms with Crippen molar-refractivity contribution in [3.05, 3.63) is 47.7 Å². The summed E-state index contributed by atoms with van der Waals surface area (Å²) in [5.41, 5.74) is 7.32. The number of amides is 1. The Hall–Kier alpha value is -2.80. The molecule has 4 rings (SSSR count). The molecule has 1 saturated heterocycles. The van der Waals surface area contributed by atoms with Gasteiger partial charge in [-0.2, -0.15) is 0 Å². The van der Waals surface area contributed by atoms with Crippen molar-refractivity contribution in [1.29, 1.82) is 0 Å². The minimum Gasteiger partial charge on any atom is -0.486 e. The molecule has 1 fully saturated rings. The smallest absolute Gasteiger partial charge is 0.255 e. The second kappa shape index (κ2) is 8.69. The van der Waals surface area contributed by atoms with Gasteiger partial charge in [0.1, 0.15) is 18.5 Å². The minimum absolute atomic E-state index is 0.0495. The number of pyridine rings is 1. The predicted octanol–water partition coefficient (Wildman–Crippen LogP) is 2.25. The predicted molar refractivity (Wildman–Crippen MR) is 111 cm³/mol. The van der Waals surface area contributed by atoms with Gasteiger partial charge in [-0.05, 0) is 62.5 Å². The van der Waals surface area contributed by atoms with Gasteiger partial charge in [0.15, 0.2) is 11.5 Å². The first kappa shape index (κ1) is 19.5. The molecule has 7 heteroatoms. The summed E-state index contributed by atoms with van der Waals surface area (Å²) >= 11 is 0. The molecule has 154 valence electrons. The van der Waals surface area contributed by atoms with Gasteiger partial charge in [0.25, 0.3) is 5.91 Å². The second-order valence-electron chi connectivity index (χ2n) is 7.84. The SMILES string of the molecule is Cc1cccc2c1OC(CN1CCC(CNC(=O)c3cccnc3N)CC1)CO2. The molecule has 3 heterocycles. The molecule has 2 aromatic rings. The van der Waals surface area contributed by atoms with Crippen molar-refractivity contribution in [3.8, 4) is 11.5 Å². The van der Waals surface area contributed by atoms with Crippen LogP contribution in [-0.2, 0) is 0 Å². The maximum atomic E-state index is 12.3. The summed E-state index contributed by atoms with van der Waals surface area (Å²) in [7, 11) is 0. The summed E-state index contributed by atoms with van der Waals surface area (Å²) in [6.45, 7) is 6.14. The molecule has 1 amide bonds. The zero-order chi connectivity index (χ0) is 20.2. The van der Waals surface area contributed by atoms with Crippen LogP contribution in [0.5, 0.6) is 11.5 Å². The number of hydrogen-bond acceptors (Lipinski definition) is 6. The Morgan fingerprint density at radius 3 is 2.90 bits per heavy atom. The highest BCUT2D eigenvalue weighted by molar-refractivity contribution is 5.98. The molecule has 0 bridgehead atoms. The van der Waals surface area contributed by atoms with Crippen LogP contribution in [0, 0.1) is 12.8 Å². The van der Waals surface area contributed by atoms with E-state index in [1.165, 1.54) is 0 Å². The molecule has 2 aliphatic rings. The standard InChI is InChI=1S/C22H28N4O3/c1-15-4-2-6-19-20(15)29-17(14-28-19)13-26-10-7-16(8-11-26)12-25-22(27)18-5-3-9-24-21(18)23/h2-6,9,16-17H,7-8,10-14H2,1H3,(H2,23,24)(H,25,27). The number of anilines is 1. The van der Waals surface area contributed by atoms with Gasteiger partial charge in [0.2, 0.25) is 0 Å². The molecule has 0 radical (unpaired) electrons. The summed E-state index contributed by atoms with van der Waals surface area (Å²) in [6, 6.07) is 9.41. The third kappa shape index (κ3) is 4.62. The average Bonchev–Trinajstić information content (AvgIpc) is 2.74. The van der Waals surface area contributed by atoms with Crippen molar-refractivity contribution in [3.63, 3.8) is 0 Å². The van der Waals surface area contributed by atoms with Gasteiger partial charge < -0.3 is 20.5 Å². The molecule has 29 heavy (non-hydrogen) atoms. The molecule has 7 nitrogen and oxygen atoms in total. The summed E-state index contributed by atoms with van der Waals surface area (Å²) < 4.78 is 12.1. The number of aromatic nitrogens is 1. The zero-order valence-electron chi connectivity index (χ0n) is 16.8. The van der Waals surface area contributed by atoms with Gasteiger partial charge in [0.05, 0.1) is 5.56 Å². The second-order valence-corrected chi connectivity index (χ2v) is 7.84. The maximum absolute atomic E-state index is 12.3. The van der Waals surface area contributed by atoms with Crippen molar-refractivity contribution in [1.82, 2.24) is 15.2 Å². The molecule has 1 atom stereocenters. The van der Waals surface area contributed by atoms with E-state index in [0.717, 1.165) is 49.5 Å². The number of para-hydroxylation sites is 1. The number of piperidine rings is 1. The maximum Gasteiger partial charge on any atom is 0.255 e. The van der Waals surface area contributed by atoms with Crippen molar-refractivity contribution in [2.24, 2.45) is 5.92 Å². The number of rotatable bonds is 5.